The summed E-state index contributed by atoms with van der Waals surface area (Å²) in [5, 5.41) is 6.28. The first-order valence-electron chi connectivity index (χ1n) is 13.3. The largest absolute Gasteiger partial charge is 0.497 e. The number of nitrogens with one attached hydrogen (secondary N) is 2. The molecule has 2 heterocycles. The van der Waals surface area contributed by atoms with Gasteiger partial charge in [-0.2, -0.15) is 0 Å². The monoisotopic (exact) mass is 504 g/mol. The molecule has 37 heavy (non-hydrogen) atoms. The van der Waals surface area contributed by atoms with Crippen LogP contribution in [0.5, 0.6) is 5.75 Å². The van der Waals surface area contributed by atoms with Crippen LogP contribution in [-0.4, -0.2) is 59.9 Å². The Balaban J connectivity index is 1.16. The minimum atomic E-state index is -0.822. The molecule has 8 heteroatoms. The van der Waals surface area contributed by atoms with Crippen molar-refractivity contribution < 1.29 is 19.1 Å². The third-order valence-electron chi connectivity index (χ3n) is 8.18. The number of methoxy groups -OCH3 is 1. The van der Waals surface area contributed by atoms with Crippen LogP contribution in [0.15, 0.2) is 54.6 Å². The van der Waals surface area contributed by atoms with Gasteiger partial charge >= 0.3 is 6.03 Å². The van der Waals surface area contributed by atoms with Gasteiger partial charge in [0, 0.05) is 25.6 Å². The molecule has 1 aliphatic carbocycles. The van der Waals surface area contributed by atoms with E-state index in [1.165, 1.54) is 4.90 Å². The van der Waals surface area contributed by atoms with Gasteiger partial charge < -0.3 is 20.3 Å². The molecule has 3 aliphatic rings. The first kappa shape index (κ1) is 25.3. The van der Waals surface area contributed by atoms with Gasteiger partial charge in [-0.1, -0.05) is 48.9 Å². The summed E-state index contributed by atoms with van der Waals surface area (Å²) in [4.78, 5) is 42.4. The van der Waals surface area contributed by atoms with Crippen LogP contribution >= 0.6 is 0 Å². The first-order chi connectivity index (χ1) is 18.0. The Morgan fingerprint density at radius 3 is 2.41 bits per heavy atom. The zero-order chi connectivity index (χ0) is 25.8. The van der Waals surface area contributed by atoms with Crippen molar-refractivity contribution in [3.63, 3.8) is 0 Å². The molecule has 0 radical (unpaired) electrons. The highest BCUT2D eigenvalue weighted by Gasteiger charge is 2.52. The van der Waals surface area contributed by atoms with Crippen molar-refractivity contribution in [1.29, 1.82) is 0 Å². The number of benzene rings is 2. The Morgan fingerprint density at radius 2 is 1.78 bits per heavy atom. The summed E-state index contributed by atoms with van der Waals surface area (Å²) in [6, 6.07) is 17.2. The van der Waals surface area contributed by atoms with Crippen molar-refractivity contribution in [3.05, 3.63) is 65.7 Å². The normalized spacial score (nSPS) is 20.4. The van der Waals surface area contributed by atoms with E-state index < -0.39 is 5.54 Å². The van der Waals surface area contributed by atoms with Crippen LogP contribution in [0.1, 0.15) is 55.7 Å². The van der Waals surface area contributed by atoms with Crippen LogP contribution in [0.2, 0.25) is 0 Å². The van der Waals surface area contributed by atoms with Crippen molar-refractivity contribution in [2.45, 2.75) is 56.7 Å². The summed E-state index contributed by atoms with van der Waals surface area (Å²) in [5.41, 5.74) is 1.18. The second-order valence-electron chi connectivity index (χ2n) is 10.5. The van der Waals surface area contributed by atoms with Crippen LogP contribution in [0.25, 0.3) is 0 Å². The highest BCUT2D eigenvalue weighted by Crippen LogP contribution is 2.32. The number of rotatable bonds is 9. The lowest BCUT2D eigenvalue weighted by Crippen LogP contribution is -2.55. The van der Waals surface area contributed by atoms with Gasteiger partial charge in [-0.05, 0) is 55.4 Å². The average molecular weight is 505 g/mol. The Bertz CT molecular complexity index is 1110. The van der Waals surface area contributed by atoms with Gasteiger partial charge in [0.15, 0.2) is 0 Å². The van der Waals surface area contributed by atoms with Gasteiger partial charge in [-0.3, -0.25) is 14.5 Å². The van der Waals surface area contributed by atoms with E-state index in [9.17, 15) is 14.4 Å². The number of nitrogens with zero attached hydrogens (tertiary/aromatic N) is 2. The van der Waals surface area contributed by atoms with Gasteiger partial charge in [0.1, 0.15) is 11.3 Å². The molecule has 0 aromatic heterocycles. The van der Waals surface area contributed by atoms with E-state index in [0.717, 1.165) is 62.2 Å². The number of ether oxygens (including phenoxy) is 1. The smallest absolute Gasteiger partial charge is 0.325 e. The zero-order valence-corrected chi connectivity index (χ0v) is 21.4. The summed E-state index contributed by atoms with van der Waals surface area (Å²) >= 11 is 0. The number of hydrogen-bond donors (Lipinski definition) is 2. The minimum absolute atomic E-state index is 0.0296. The standard InChI is InChI=1S/C29H36N4O4/c1-37-24-12-10-21(11-13-24)20-33-27(35)29(31-28(33)36)15-18-32(19-16-29)17-14-25(22-6-3-2-4-7-22)30-26(34)23-8-5-9-23/h2-4,6-7,10-13,23,25H,5,8-9,14-20H2,1H3,(H,30,34)(H,31,36)/t25-/m0/s1. The minimum Gasteiger partial charge on any atom is -0.497 e. The summed E-state index contributed by atoms with van der Waals surface area (Å²) in [5.74, 6) is 0.914. The molecule has 8 nitrogen and oxygen atoms in total. The Morgan fingerprint density at radius 1 is 1.08 bits per heavy atom. The molecule has 196 valence electrons. The molecule has 2 aromatic rings. The molecule has 1 spiro atoms. The highest BCUT2D eigenvalue weighted by atomic mass is 16.5. The van der Waals surface area contributed by atoms with E-state index in [-0.39, 0.29) is 36.3 Å². The molecule has 1 atom stereocenters. The Kier molecular flexibility index (Phi) is 7.46. The van der Waals surface area contributed by atoms with Gasteiger partial charge in [0.05, 0.1) is 19.7 Å². The van der Waals surface area contributed by atoms with Crippen LogP contribution in [-0.2, 0) is 16.1 Å². The Hall–Kier alpha value is -3.39. The van der Waals surface area contributed by atoms with E-state index in [2.05, 4.69) is 27.7 Å². The molecule has 1 saturated carbocycles. The molecule has 5 rings (SSSR count). The zero-order valence-electron chi connectivity index (χ0n) is 21.4. The predicted octanol–water partition coefficient (Wildman–Crippen LogP) is 3.63. The van der Waals surface area contributed by atoms with Gasteiger partial charge in [-0.15, -0.1) is 0 Å². The fourth-order valence-corrected chi connectivity index (χ4v) is 5.51. The van der Waals surface area contributed by atoms with Crippen molar-refractivity contribution in [3.8, 4) is 5.75 Å². The third kappa shape index (κ3) is 5.49. The lowest BCUT2D eigenvalue weighted by atomic mass is 9.84. The van der Waals surface area contributed by atoms with Gasteiger partial charge in [0.2, 0.25) is 5.91 Å². The first-order valence-corrected chi connectivity index (χ1v) is 13.3. The quantitative estimate of drug-likeness (QED) is 0.509. The van der Waals surface area contributed by atoms with E-state index in [4.69, 9.17) is 4.74 Å². The van der Waals surface area contributed by atoms with Crippen molar-refractivity contribution in [2.75, 3.05) is 26.7 Å². The lowest BCUT2D eigenvalue weighted by molar-refractivity contribution is -0.133. The number of urea groups is 1. The van der Waals surface area contributed by atoms with Crippen LogP contribution in [0.4, 0.5) is 4.79 Å². The summed E-state index contributed by atoms with van der Waals surface area (Å²) in [6.07, 6.45) is 5.07. The molecule has 2 saturated heterocycles. The fraction of sp³-hybridized carbons (Fsp3) is 0.483. The number of likely N-dealkylation sites (tertiary alicyclic amines) is 1. The van der Waals surface area contributed by atoms with Crippen LogP contribution < -0.4 is 15.4 Å². The van der Waals surface area contributed by atoms with Crippen LogP contribution in [0.3, 0.4) is 0 Å². The third-order valence-corrected chi connectivity index (χ3v) is 8.18. The fourth-order valence-electron chi connectivity index (χ4n) is 5.51. The lowest BCUT2D eigenvalue weighted by Gasteiger charge is -2.38. The maximum Gasteiger partial charge on any atom is 0.325 e. The number of imide groups is 1. The Labute approximate surface area is 218 Å². The van der Waals surface area contributed by atoms with Crippen LogP contribution in [0, 0.1) is 5.92 Å². The second-order valence-corrected chi connectivity index (χ2v) is 10.5. The molecule has 3 fully saturated rings. The summed E-state index contributed by atoms with van der Waals surface area (Å²) in [7, 11) is 1.61. The molecule has 2 aromatic carbocycles. The molecule has 2 N–H and O–H groups in total. The molecular weight excluding hydrogens is 468 g/mol. The molecule has 2 aliphatic heterocycles. The number of piperidine rings is 1. The molecule has 4 amide bonds. The van der Waals surface area contributed by atoms with E-state index in [1.807, 2.05) is 42.5 Å². The second kappa shape index (κ2) is 10.9. The van der Waals surface area contributed by atoms with E-state index >= 15 is 0 Å². The molecular formula is C29H36N4O4. The molecule has 0 unspecified atom stereocenters. The van der Waals surface area contributed by atoms with Gasteiger partial charge in [0.25, 0.3) is 5.91 Å². The number of amides is 4. The predicted molar refractivity (Wildman–Crippen MR) is 140 cm³/mol. The van der Waals surface area contributed by atoms with Crippen molar-refractivity contribution in [1.82, 2.24) is 20.4 Å². The average Bonchev–Trinajstić information content (AvgIpc) is 3.11. The SMILES string of the molecule is COc1ccc(CN2C(=O)NC3(CCN(CC[C@H](NC(=O)C4CCC4)c4ccccc4)CC3)C2=O)cc1. The number of carbonyl (C=O) groups excluding carboxylic acids is 3. The van der Waals surface area contributed by atoms with E-state index in [0.29, 0.717) is 12.8 Å². The maximum absolute atomic E-state index is 13.3. The topological polar surface area (TPSA) is 91.0 Å². The van der Waals surface area contributed by atoms with Crippen molar-refractivity contribution in [2.24, 2.45) is 5.92 Å². The summed E-state index contributed by atoms with van der Waals surface area (Å²) in [6.45, 7) is 2.51. The number of carbonyl (C=O) groups is 3. The van der Waals surface area contributed by atoms with Gasteiger partial charge in [-0.25, -0.2) is 4.79 Å². The van der Waals surface area contributed by atoms with E-state index in [1.54, 1.807) is 7.11 Å². The summed E-state index contributed by atoms with van der Waals surface area (Å²) < 4.78 is 5.19. The maximum atomic E-state index is 13.3. The molecule has 0 bridgehead atoms. The van der Waals surface area contributed by atoms with Crippen molar-refractivity contribution >= 4 is 17.8 Å². The highest BCUT2D eigenvalue weighted by molar-refractivity contribution is 6.07. The number of hydrogen-bond acceptors (Lipinski definition) is 5.